The lowest BCUT2D eigenvalue weighted by atomic mass is 10.1. The van der Waals surface area contributed by atoms with Gasteiger partial charge in [0.2, 0.25) is 0 Å². The number of benzene rings is 1. The van der Waals surface area contributed by atoms with Crippen LogP contribution in [0.3, 0.4) is 0 Å². The molecule has 1 aromatic carbocycles. The molecule has 6 heteroatoms. The standard InChI is InChI=1S/C10H8N4O2/c11-4-5-16-10(15)9-3-1-2-8(6-9)7-13-14-12/h1-3,6H,5,7H2. The Labute approximate surface area is 91.7 Å². The van der Waals surface area contributed by atoms with Crippen LogP contribution in [-0.2, 0) is 11.3 Å². The van der Waals surface area contributed by atoms with Gasteiger partial charge in [0.1, 0.15) is 6.07 Å². The number of rotatable bonds is 4. The molecule has 0 unspecified atom stereocenters. The van der Waals surface area contributed by atoms with E-state index in [4.69, 9.17) is 10.8 Å². The van der Waals surface area contributed by atoms with E-state index < -0.39 is 5.97 Å². The molecule has 0 fully saturated rings. The Balaban J connectivity index is 2.77. The van der Waals surface area contributed by atoms with Crippen molar-refractivity contribution in [2.24, 2.45) is 5.11 Å². The minimum absolute atomic E-state index is 0.176. The van der Waals surface area contributed by atoms with E-state index in [1.165, 1.54) is 0 Å². The first-order chi connectivity index (χ1) is 7.77. The Kier molecular flexibility index (Phi) is 4.38. The molecule has 0 aliphatic carbocycles. The zero-order chi connectivity index (χ0) is 11.8. The number of hydrogen-bond acceptors (Lipinski definition) is 4. The summed E-state index contributed by atoms with van der Waals surface area (Å²) in [4.78, 5) is 14.0. The lowest BCUT2D eigenvalue weighted by Crippen LogP contribution is -2.05. The molecule has 0 saturated carbocycles. The second-order valence-electron chi connectivity index (χ2n) is 2.82. The fraction of sp³-hybridized carbons (Fsp3) is 0.200. The number of hydrogen-bond donors (Lipinski definition) is 0. The minimum atomic E-state index is -0.565. The van der Waals surface area contributed by atoms with E-state index in [-0.39, 0.29) is 13.2 Å². The van der Waals surface area contributed by atoms with Crippen molar-refractivity contribution in [3.05, 3.63) is 45.8 Å². The van der Waals surface area contributed by atoms with Gasteiger partial charge in [-0.25, -0.2) is 4.79 Å². The third-order valence-corrected chi connectivity index (χ3v) is 1.75. The van der Waals surface area contributed by atoms with Crippen LogP contribution in [0.15, 0.2) is 29.4 Å². The molecule has 0 radical (unpaired) electrons. The summed E-state index contributed by atoms with van der Waals surface area (Å²) in [6.07, 6.45) is 0. The van der Waals surface area contributed by atoms with Gasteiger partial charge in [0.05, 0.1) is 12.1 Å². The molecule has 0 saturated heterocycles. The Bertz CT molecular complexity index is 472. The summed E-state index contributed by atoms with van der Waals surface area (Å²) in [5, 5.41) is 11.6. The first kappa shape index (κ1) is 11.6. The van der Waals surface area contributed by atoms with Gasteiger partial charge in [-0.15, -0.1) is 0 Å². The maximum absolute atomic E-state index is 11.4. The molecule has 0 N–H and O–H groups in total. The maximum Gasteiger partial charge on any atom is 0.339 e. The number of ether oxygens (including phenoxy) is 1. The zero-order valence-electron chi connectivity index (χ0n) is 8.33. The van der Waals surface area contributed by atoms with E-state index in [0.29, 0.717) is 11.1 Å². The van der Waals surface area contributed by atoms with Gasteiger partial charge in [-0.3, -0.25) is 0 Å². The van der Waals surface area contributed by atoms with Gasteiger partial charge < -0.3 is 4.74 Å². The van der Waals surface area contributed by atoms with Crippen LogP contribution in [0, 0.1) is 11.3 Å². The molecule has 0 bridgehead atoms. The van der Waals surface area contributed by atoms with Crippen molar-refractivity contribution in [3.63, 3.8) is 0 Å². The normalized spacial score (nSPS) is 8.69. The third-order valence-electron chi connectivity index (χ3n) is 1.75. The second kappa shape index (κ2) is 6.06. The first-order valence-electron chi connectivity index (χ1n) is 4.42. The molecule has 0 aliphatic heterocycles. The molecule has 0 aliphatic rings. The van der Waals surface area contributed by atoms with Gasteiger partial charge in [0, 0.05) is 4.91 Å². The number of azide groups is 1. The molecular formula is C10H8N4O2. The van der Waals surface area contributed by atoms with E-state index in [2.05, 4.69) is 14.8 Å². The Morgan fingerprint density at radius 2 is 2.44 bits per heavy atom. The van der Waals surface area contributed by atoms with Crippen LogP contribution in [0.5, 0.6) is 0 Å². The summed E-state index contributed by atoms with van der Waals surface area (Å²) in [6.45, 7) is -0.102. The smallest absolute Gasteiger partial charge is 0.339 e. The predicted octanol–water partition coefficient (Wildman–Crippen LogP) is 2.18. The Hall–Kier alpha value is -2.51. The van der Waals surface area contributed by atoms with Crippen LogP contribution in [0.1, 0.15) is 15.9 Å². The lowest BCUT2D eigenvalue weighted by molar-refractivity contribution is 0.0555. The van der Waals surface area contributed by atoms with Crippen molar-refractivity contribution in [2.75, 3.05) is 6.61 Å². The predicted molar refractivity (Wildman–Crippen MR) is 55.2 cm³/mol. The van der Waals surface area contributed by atoms with Gasteiger partial charge in [0.15, 0.2) is 6.61 Å². The van der Waals surface area contributed by atoms with Crippen LogP contribution in [0.4, 0.5) is 0 Å². The number of nitriles is 1. The van der Waals surface area contributed by atoms with E-state index in [9.17, 15) is 4.79 Å². The third kappa shape index (κ3) is 3.33. The van der Waals surface area contributed by atoms with Gasteiger partial charge in [0.25, 0.3) is 0 Å². The molecule has 0 spiro atoms. The van der Waals surface area contributed by atoms with Crippen LogP contribution in [-0.4, -0.2) is 12.6 Å². The Morgan fingerprint density at radius 1 is 1.62 bits per heavy atom. The summed E-state index contributed by atoms with van der Waals surface area (Å²) in [7, 11) is 0. The SMILES string of the molecule is N#CCOC(=O)c1cccc(CN=[N+]=[N-])c1. The molecule has 0 heterocycles. The van der Waals surface area contributed by atoms with Gasteiger partial charge in [-0.2, -0.15) is 5.26 Å². The molecule has 6 nitrogen and oxygen atoms in total. The maximum atomic E-state index is 11.4. The largest absolute Gasteiger partial charge is 0.447 e. The van der Waals surface area contributed by atoms with E-state index in [1.807, 2.05) is 0 Å². The van der Waals surface area contributed by atoms with Crippen molar-refractivity contribution in [1.82, 2.24) is 0 Å². The zero-order valence-corrected chi connectivity index (χ0v) is 8.33. The summed E-state index contributed by atoms with van der Waals surface area (Å²) in [5.41, 5.74) is 9.20. The quantitative estimate of drug-likeness (QED) is 0.333. The number of esters is 1. The van der Waals surface area contributed by atoms with Gasteiger partial charge in [-0.1, -0.05) is 17.2 Å². The van der Waals surface area contributed by atoms with Crippen molar-refractivity contribution >= 4 is 5.97 Å². The lowest BCUT2D eigenvalue weighted by Gasteiger charge is -2.02. The minimum Gasteiger partial charge on any atom is -0.447 e. The number of carbonyl (C=O) groups is 1. The number of nitrogens with zero attached hydrogens (tertiary/aromatic N) is 4. The monoisotopic (exact) mass is 216 g/mol. The fourth-order valence-corrected chi connectivity index (χ4v) is 1.09. The highest BCUT2D eigenvalue weighted by Gasteiger charge is 2.06. The fourth-order valence-electron chi connectivity index (χ4n) is 1.09. The average Bonchev–Trinajstić information content (AvgIpc) is 2.33. The molecule has 0 atom stereocenters. The van der Waals surface area contributed by atoms with E-state index in [1.54, 1.807) is 30.3 Å². The highest BCUT2D eigenvalue weighted by molar-refractivity contribution is 5.89. The molecular weight excluding hydrogens is 208 g/mol. The van der Waals surface area contributed by atoms with Crippen molar-refractivity contribution in [2.45, 2.75) is 6.54 Å². The highest BCUT2D eigenvalue weighted by Crippen LogP contribution is 2.08. The summed E-state index contributed by atoms with van der Waals surface area (Å²) < 4.78 is 4.63. The summed E-state index contributed by atoms with van der Waals surface area (Å²) in [6, 6.07) is 8.23. The van der Waals surface area contributed by atoms with E-state index >= 15 is 0 Å². The highest BCUT2D eigenvalue weighted by atomic mass is 16.5. The van der Waals surface area contributed by atoms with Crippen LogP contribution >= 0.6 is 0 Å². The average molecular weight is 216 g/mol. The van der Waals surface area contributed by atoms with Crippen molar-refractivity contribution < 1.29 is 9.53 Å². The second-order valence-corrected chi connectivity index (χ2v) is 2.82. The van der Waals surface area contributed by atoms with E-state index in [0.717, 1.165) is 0 Å². The van der Waals surface area contributed by atoms with Crippen molar-refractivity contribution in [3.8, 4) is 6.07 Å². The molecule has 80 valence electrons. The Morgan fingerprint density at radius 3 is 3.12 bits per heavy atom. The topological polar surface area (TPSA) is 98.8 Å². The molecule has 0 amide bonds. The molecule has 1 aromatic rings. The number of carbonyl (C=O) groups excluding carboxylic acids is 1. The van der Waals surface area contributed by atoms with Crippen LogP contribution in [0.2, 0.25) is 0 Å². The molecule has 1 rings (SSSR count). The van der Waals surface area contributed by atoms with Crippen molar-refractivity contribution in [1.29, 1.82) is 5.26 Å². The summed E-state index contributed by atoms with van der Waals surface area (Å²) >= 11 is 0. The summed E-state index contributed by atoms with van der Waals surface area (Å²) in [5.74, 6) is -0.565. The first-order valence-corrected chi connectivity index (χ1v) is 4.42. The van der Waals surface area contributed by atoms with Crippen LogP contribution < -0.4 is 0 Å². The van der Waals surface area contributed by atoms with Gasteiger partial charge >= 0.3 is 5.97 Å². The molecule has 16 heavy (non-hydrogen) atoms. The van der Waals surface area contributed by atoms with Crippen LogP contribution in [0.25, 0.3) is 10.4 Å². The van der Waals surface area contributed by atoms with Gasteiger partial charge in [-0.05, 0) is 23.2 Å². The molecule has 0 aromatic heterocycles.